The minimum atomic E-state index is -0.206. The summed E-state index contributed by atoms with van der Waals surface area (Å²) in [6.07, 6.45) is 6.88. The van der Waals surface area contributed by atoms with E-state index >= 15 is 0 Å². The van der Waals surface area contributed by atoms with Crippen LogP contribution in [0.15, 0.2) is 49.2 Å². The van der Waals surface area contributed by atoms with Crippen molar-refractivity contribution >= 4 is 5.91 Å². The zero-order valence-electron chi connectivity index (χ0n) is 14.9. The van der Waals surface area contributed by atoms with E-state index in [9.17, 15) is 4.79 Å². The zero-order valence-corrected chi connectivity index (χ0v) is 14.9. The topological polar surface area (TPSA) is 78.3 Å². The van der Waals surface area contributed by atoms with E-state index in [1.54, 1.807) is 49.6 Å². The van der Waals surface area contributed by atoms with E-state index in [4.69, 9.17) is 9.47 Å². The van der Waals surface area contributed by atoms with Crippen molar-refractivity contribution in [2.24, 2.45) is 0 Å². The summed E-state index contributed by atoms with van der Waals surface area (Å²) in [6, 6.07) is 7.17. The van der Waals surface area contributed by atoms with Crippen molar-refractivity contribution in [1.82, 2.24) is 19.9 Å². The molecule has 0 aliphatic carbocycles. The molecule has 7 heteroatoms. The second kappa shape index (κ2) is 7.69. The van der Waals surface area contributed by atoms with Gasteiger partial charge in [0, 0.05) is 36.3 Å². The molecule has 2 aromatic heterocycles. The molecular weight excluding hydrogens is 332 g/mol. The van der Waals surface area contributed by atoms with Crippen LogP contribution in [0.4, 0.5) is 0 Å². The summed E-state index contributed by atoms with van der Waals surface area (Å²) in [5.41, 5.74) is 2.27. The lowest BCUT2D eigenvalue weighted by molar-refractivity contribution is 0.0950. The van der Waals surface area contributed by atoms with Gasteiger partial charge >= 0.3 is 0 Å². The maximum Gasteiger partial charge on any atom is 0.251 e. The number of imidazole rings is 1. The molecule has 0 saturated heterocycles. The maximum absolute atomic E-state index is 12.5. The quantitative estimate of drug-likeness (QED) is 0.737. The summed E-state index contributed by atoms with van der Waals surface area (Å²) in [6.45, 7) is 2.26. The van der Waals surface area contributed by atoms with Gasteiger partial charge in [-0.15, -0.1) is 0 Å². The van der Waals surface area contributed by atoms with Gasteiger partial charge in [-0.25, -0.2) is 9.97 Å². The molecule has 0 atom stereocenters. The Kier molecular flexibility index (Phi) is 5.17. The van der Waals surface area contributed by atoms with Crippen LogP contribution in [-0.4, -0.2) is 34.7 Å². The monoisotopic (exact) mass is 352 g/mol. The summed E-state index contributed by atoms with van der Waals surface area (Å²) < 4.78 is 12.4. The number of rotatable bonds is 6. The minimum absolute atomic E-state index is 0.206. The first-order valence-electron chi connectivity index (χ1n) is 8.06. The second-order valence-electron chi connectivity index (χ2n) is 5.68. The third-order valence-corrected chi connectivity index (χ3v) is 4.05. The number of benzene rings is 1. The van der Waals surface area contributed by atoms with E-state index in [0.717, 1.165) is 16.9 Å². The molecule has 7 nitrogen and oxygen atoms in total. The largest absolute Gasteiger partial charge is 0.496 e. The van der Waals surface area contributed by atoms with E-state index in [2.05, 4.69) is 15.3 Å². The molecule has 1 amide bonds. The fraction of sp³-hybridized carbons (Fsp3) is 0.211. The zero-order chi connectivity index (χ0) is 18.5. The van der Waals surface area contributed by atoms with Crippen LogP contribution in [0.3, 0.4) is 0 Å². The number of nitrogens with one attached hydrogen (secondary N) is 1. The van der Waals surface area contributed by atoms with E-state index in [0.29, 0.717) is 23.6 Å². The molecule has 0 saturated carbocycles. The Hall–Kier alpha value is -3.35. The molecule has 0 aliphatic rings. The van der Waals surface area contributed by atoms with Crippen LogP contribution in [0, 0.1) is 6.92 Å². The van der Waals surface area contributed by atoms with Crippen LogP contribution in [0.5, 0.6) is 11.5 Å². The molecule has 3 rings (SSSR count). The number of hydrogen-bond acceptors (Lipinski definition) is 5. The summed E-state index contributed by atoms with van der Waals surface area (Å²) in [4.78, 5) is 20.8. The number of methoxy groups -OCH3 is 2. The smallest absolute Gasteiger partial charge is 0.251 e. The Balaban J connectivity index is 1.74. The second-order valence-corrected chi connectivity index (χ2v) is 5.68. The van der Waals surface area contributed by atoms with Crippen LogP contribution in [-0.2, 0) is 6.54 Å². The fourth-order valence-electron chi connectivity index (χ4n) is 2.61. The first kappa shape index (κ1) is 17.5. The van der Waals surface area contributed by atoms with Crippen molar-refractivity contribution in [2.45, 2.75) is 13.5 Å². The standard InChI is InChI=1S/C19H20N4O3/c1-13-16(25-2)9-15(10-17(13)26-3)19(24)22-11-14-4-5-21-18(8-14)23-7-6-20-12-23/h4-10,12H,11H2,1-3H3,(H,22,24). The van der Waals surface area contributed by atoms with Gasteiger partial charge in [-0.2, -0.15) is 0 Å². The van der Waals surface area contributed by atoms with Crippen molar-refractivity contribution in [2.75, 3.05) is 14.2 Å². The lowest BCUT2D eigenvalue weighted by Crippen LogP contribution is -2.23. The molecule has 1 aromatic carbocycles. The van der Waals surface area contributed by atoms with Gasteiger partial charge in [-0.3, -0.25) is 9.36 Å². The number of aromatic nitrogens is 3. The molecule has 134 valence electrons. The Morgan fingerprint density at radius 2 is 1.88 bits per heavy atom. The Labute approximate surface area is 151 Å². The van der Waals surface area contributed by atoms with Gasteiger partial charge in [0.15, 0.2) is 0 Å². The molecule has 26 heavy (non-hydrogen) atoms. The number of ether oxygens (including phenoxy) is 2. The molecular formula is C19H20N4O3. The van der Waals surface area contributed by atoms with Gasteiger partial charge < -0.3 is 14.8 Å². The lowest BCUT2D eigenvalue weighted by atomic mass is 10.1. The number of nitrogens with zero attached hydrogens (tertiary/aromatic N) is 3. The Morgan fingerprint density at radius 3 is 2.50 bits per heavy atom. The van der Waals surface area contributed by atoms with Crippen molar-refractivity contribution < 1.29 is 14.3 Å². The summed E-state index contributed by atoms with van der Waals surface area (Å²) in [5.74, 6) is 1.76. The highest BCUT2D eigenvalue weighted by molar-refractivity contribution is 5.95. The van der Waals surface area contributed by atoms with Crippen molar-refractivity contribution in [3.05, 3.63) is 65.9 Å². The SMILES string of the molecule is COc1cc(C(=O)NCc2ccnc(-n3ccnc3)c2)cc(OC)c1C. The molecule has 3 aromatic rings. The van der Waals surface area contributed by atoms with Crippen LogP contribution >= 0.6 is 0 Å². The highest BCUT2D eigenvalue weighted by Gasteiger charge is 2.13. The van der Waals surface area contributed by atoms with E-state index in [1.165, 1.54) is 0 Å². The predicted molar refractivity (Wildman–Crippen MR) is 96.8 cm³/mol. The van der Waals surface area contributed by atoms with Crippen LogP contribution in [0.1, 0.15) is 21.5 Å². The summed E-state index contributed by atoms with van der Waals surface area (Å²) in [5, 5.41) is 2.91. The van der Waals surface area contributed by atoms with E-state index in [-0.39, 0.29) is 5.91 Å². The molecule has 0 spiro atoms. The van der Waals surface area contributed by atoms with Crippen molar-refractivity contribution in [1.29, 1.82) is 0 Å². The number of carbonyl (C=O) groups is 1. The normalized spacial score (nSPS) is 10.4. The van der Waals surface area contributed by atoms with Gasteiger partial charge in [0.05, 0.1) is 14.2 Å². The third-order valence-electron chi connectivity index (χ3n) is 4.05. The Bertz CT molecular complexity index is 882. The molecule has 0 radical (unpaired) electrons. The molecule has 0 unspecified atom stereocenters. The van der Waals surface area contributed by atoms with Gasteiger partial charge in [0.25, 0.3) is 5.91 Å². The first-order chi connectivity index (χ1) is 12.6. The van der Waals surface area contributed by atoms with E-state index in [1.807, 2.05) is 25.3 Å². The molecule has 1 N–H and O–H groups in total. The number of carbonyl (C=O) groups excluding carboxylic acids is 1. The van der Waals surface area contributed by atoms with Crippen LogP contribution in [0.25, 0.3) is 5.82 Å². The molecule has 0 fully saturated rings. The fourth-order valence-corrected chi connectivity index (χ4v) is 2.61. The van der Waals surface area contributed by atoms with E-state index < -0.39 is 0 Å². The lowest BCUT2D eigenvalue weighted by Gasteiger charge is -2.13. The molecule has 0 bridgehead atoms. The predicted octanol–water partition coefficient (Wildman–Crippen LogP) is 2.52. The average Bonchev–Trinajstić information content (AvgIpc) is 3.21. The van der Waals surface area contributed by atoms with Crippen molar-refractivity contribution in [3.8, 4) is 17.3 Å². The van der Waals surface area contributed by atoms with Gasteiger partial charge in [-0.1, -0.05) is 0 Å². The summed E-state index contributed by atoms with van der Waals surface area (Å²) >= 11 is 0. The van der Waals surface area contributed by atoms with Crippen LogP contribution < -0.4 is 14.8 Å². The third kappa shape index (κ3) is 3.66. The first-order valence-corrected chi connectivity index (χ1v) is 8.06. The molecule has 2 heterocycles. The summed E-state index contributed by atoms with van der Waals surface area (Å²) in [7, 11) is 3.14. The maximum atomic E-state index is 12.5. The van der Waals surface area contributed by atoms with Crippen molar-refractivity contribution in [3.63, 3.8) is 0 Å². The van der Waals surface area contributed by atoms with Gasteiger partial charge in [-0.05, 0) is 36.8 Å². The number of amides is 1. The average molecular weight is 352 g/mol. The van der Waals surface area contributed by atoms with Gasteiger partial charge in [0.2, 0.25) is 0 Å². The highest BCUT2D eigenvalue weighted by atomic mass is 16.5. The Morgan fingerprint density at radius 1 is 1.15 bits per heavy atom. The highest BCUT2D eigenvalue weighted by Crippen LogP contribution is 2.29. The minimum Gasteiger partial charge on any atom is -0.496 e. The van der Waals surface area contributed by atoms with Gasteiger partial charge in [0.1, 0.15) is 23.6 Å². The molecule has 0 aliphatic heterocycles. The van der Waals surface area contributed by atoms with Crippen LogP contribution in [0.2, 0.25) is 0 Å². The number of pyridine rings is 1. The number of hydrogen-bond donors (Lipinski definition) is 1.